The lowest BCUT2D eigenvalue weighted by atomic mass is 10.1. The maximum absolute atomic E-state index is 11.7. The van der Waals surface area contributed by atoms with Crippen molar-refractivity contribution in [2.24, 2.45) is 0 Å². The van der Waals surface area contributed by atoms with Gasteiger partial charge in [0.15, 0.2) is 0 Å². The van der Waals surface area contributed by atoms with Crippen LogP contribution in [0.5, 0.6) is 5.75 Å². The second-order valence-corrected chi connectivity index (χ2v) is 4.38. The van der Waals surface area contributed by atoms with E-state index in [0.717, 1.165) is 11.1 Å². The van der Waals surface area contributed by atoms with E-state index in [-0.39, 0.29) is 12.4 Å². The van der Waals surface area contributed by atoms with E-state index in [9.17, 15) is 9.90 Å². The number of nitrogens with one attached hydrogen (secondary N) is 1. The van der Waals surface area contributed by atoms with Gasteiger partial charge in [-0.3, -0.25) is 5.32 Å². The monoisotopic (exact) mass is 271 g/mol. The van der Waals surface area contributed by atoms with E-state index in [1.54, 1.807) is 12.1 Å². The number of phenols is 1. The van der Waals surface area contributed by atoms with Gasteiger partial charge in [0.2, 0.25) is 0 Å². The standard InChI is InChI=1S/C16H17NO3/c1-2-13-10-14(18)8-9-15(13)17-16(19)20-11-12-6-4-3-5-7-12/h3-10,18H,2,11H2,1H3,(H,17,19). The molecule has 4 nitrogen and oxygen atoms in total. The van der Waals surface area contributed by atoms with Gasteiger partial charge in [0, 0.05) is 5.69 Å². The third-order valence-electron chi connectivity index (χ3n) is 2.92. The van der Waals surface area contributed by atoms with Crippen molar-refractivity contribution < 1.29 is 14.6 Å². The molecule has 0 bridgehead atoms. The van der Waals surface area contributed by atoms with Gasteiger partial charge in [0.1, 0.15) is 12.4 Å². The van der Waals surface area contributed by atoms with E-state index in [1.165, 1.54) is 6.07 Å². The molecule has 104 valence electrons. The summed E-state index contributed by atoms with van der Waals surface area (Å²) in [6, 6.07) is 14.3. The topological polar surface area (TPSA) is 58.6 Å². The van der Waals surface area contributed by atoms with Gasteiger partial charge in [0.05, 0.1) is 0 Å². The van der Waals surface area contributed by atoms with Crippen LogP contribution in [0.3, 0.4) is 0 Å². The Hall–Kier alpha value is -2.49. The molecule has 0 heterocycles. The van der Waals surface area contributed by atoms with Gasteiger partial charge in [-0.2, -0.15) is 0 Å². The minimum atomic E-state index is -0.505. The van der Waals surface area contributed by atoms with E-state index in [1.807, 2.05) is 37.3 Å². The number of anilines is 1. The number of aryl methyl sites for hydroxylation is 1. The summed E-state index contributed by atoms with van der Waals surface area (Å²) in [7, 11) is 0. The molecular formula is C16H17NO3. The lowest BCUT2D eigenvalue weighted by molar-refractivity contribution is 0.155. The van der Waals surface area contributed by atoms with E-state index in [4.69, 9.17) is 4.74 Å². The van der Waals surface area contributed by atoms with Crippen molar-refractivity contribution >= 4 is 11.8 Å². The maximum Gasteiger partial charge on any atom is 0.411 e. The minimum Gasteiger partial charge on any atom is -0.508 e. The lowest BCUT2D eigenvalue weighted by Crippen LogP contribution is -2.14. The van der Waals surface area contributed by atoms with Crippen LogP contribution in [0.4, 0.5) is 10.5 Å². The number of carbonyl (C=O) groups is 1. The summed E-state index contributed by atoms with van der Waals surface area (Å²) in [6.45, 7) is 2.18. The molecule has 2 rings (SSSR count). The Morgan fingerprint density at radius 2 is 1.95 bits per heavy atom. The Morgan fingerprint density at radius 3 is 2.65 bits per heavy atom. The van der Waals surface area contributed by atoms with Crippen LogP contribution in [0, 0.1) is 0 Å². The molecule has 4 heteroatoms. The average molecular weight is 271 g/mol. The van der Waals surface area contributed by atoms with Gasteiger partial charge in [0.25, 0.3) is 0 Å². The summed E-state index contributed by atoms with van der Waals surface area (Å²) >= 11 is 0. The maximum atomic E-state index is 11.7. The molecule has 0 fully saturated rings. The Morgan fingerprint density at radius 1 is 1.20 bits per heavy atom. The van der Waals surface area contributed by atoms with E-state index < -0.39 is 6.09 Å². The van der Waals surface area contributed by atoms with Gasteiger partial charge < -0.3 is 9.84 Å². The summed E-state index contributed by atoms with van der Waals surface area (Å²) in [4.78, 5) is 11.7. The number of amides is 1. The first-order valence-electron chi connectivity index (χ1n) is 6.48. The molecule has 0 aliphatic heterocycles. The van der Waals surface area contributed by atoms with Crippen LogP contribution >= 0.6 is 0 Å². The second kappa shape index (κ2) is 6.61. The number of aromatic hydroxyl groups is 1. The Bertz CT molecular complexity index is 582. The number of ether oxygens (including phenoxy) is 1. The van der Waals surface area contributed by atoms with Crippen molar-refractivity contribution in [3.8, 4) is 5.75 Å². The average Bonchev–Trinajstić information content (AvgIpc) is 2.48. The van der Waals surface area contributed by atoms with Gasteiger partial charge in [-0.15, -0.1) is 0 Å². The second-order valence-electron chi connectivity index (χ2n) is 4.38. The number of phenolic OH excluding ortho intramolecular Hbond substituents is 1. The molecule has 0 atom stereocenters. The van der Waals surface area contributed by atoms with Crippen molar-refractivity contribution in [1.29, 1.82) is 0 Å². The van der Waals surface area contributed by atoms with Crippen LogP contribution in [-0.4, -0.2) is 11.2 Å². The van der Waals surface area contributed by atoms with Crippen LogP contribution < -0.4 is 5.32 Å². The normalized spacial score (nSPS) is 10.1. The molecule has 0 unspecified atom stereocenters. The van der Waals surface area contributed by atoms with Gasteiger partial charge in [-0.05, 0) is 35.7 Å². The van der Waals surface area contributed by atoms with Crippen molar-refractivity contribution in [3.63, 3.8) is 0 Å². The highest BCUT2D eigenvalue weighted by molar-refractivity contribution is 5.85. The molecule has 0 spiro atoms. The molecule has 0 aliphatic carbocycles. The fourth-order valence-corrected chi connectivity index (χ4v) is 1.86. The SMILES string of the molecule is CCc1cc(O)ccc1NC(=O)OCc1ccccc1. The Kier molecular flexibility index (Phi) is 4.60. The molecule has 20 heavy (non-hydrogen) atoms. The number of rotatable bonds is 4. The molecule has 0 radical (unpaired) electrons. The largest absolute Gasteiger partial charge is 0.508 e. The summed E-state index contributed by atoms with van der Waals surface area (Å²) in [5.41, 5.74) is 2.45. The number of hydrogen-bond donors (Lipinski definition) is 2. The van der Waals surface area contributed by atoms with Crippen molar-refractivity contribution in [2.45, 2.75) is 20.0 Å². The van der Waals surface area contributed by atoms with E-state index in [0.29, 0.717) is 12.1 Å². The predicted octanol–water partition coefficient (Wildman–Crippen LogP) is 3.70. The van der Waals surface area contributed by atoms with Crippen molar-refractivity contribution in [2.75, 3.05) is 5.32 Å². The van der Waals surface area contributed by atoms with Crippen LogP contribution in [0.1, 0.15) is 18.1 Å². The molecule has 1 amide bonds. The zero-order chi connectivity index (χ0) is 14.4. The highest BCUT2D eigenvalue weighted by atomic mass is 16.5. The first kappa shape index (κ1) is 13.9. The van der Waals surface area contributed by atoms with Crippen LogP contribution in [0.2, 0.25) is 0 Å². The van der Waals surface area contributed by atoms with Crippen molar-refractivity contribution in [3.05, 3.63) is 59.7 Å². The quantitative estimate of drug-likeness (QED) is 0.833. The minimum absolute atomic E-state index is 0.185. The van der Waals surface area contributed by atoms with Crippen LogP contribution in [-0.2, 0) is 17.8 Å². The van der Waals surface area contributed by atoms with Crippen LogP contribution in [0.25, 0.3) is 0 Å². The van der Waals surface area contributed by atoms with Gasteiger partial charge >= 0.3 is 6.09 Å². The van der Waals surface area contributed by atoms with E-state index in [2.05, 4.69) is 5.32 Å². The lowest BCUT2D eigenvalue weighted by Gasteiger charge is -2.11. The highest BCUT2D eigenvalue weighted by Gasteiger charge is 2.07. The summed E-state index contributed by atoms with van der Waals surface area (Å²) in [5, 5.41) is 12.1. The van der Waals surface area contributed by atoms with Gasteiger partial charge in [-0.25, -0.2) is 4.79 Å². The fraction of sp³-hybridized carbons (Fsp3) is 0.188. The molecule has 2 aromatic carbocycles. The first-order valence-corrected chi connectivity index (χ1v) is 6.48. The third kappa shape index (κ3) is 3.75. The molecule has 2 N–H and O–H groups in total. The first-order chi connectivity index (χ1) is 9.69. The molecule has 0 aromatic heterocycles. The highest BCUT2D eigenvalue weighted by Crippen LogP contribution is 2.21. The zero-order valence-electron chi connectivity index (χ0n) is 11.3. The smallest absolute Gasteiger partial charge is 0.411 e. The molecule has 0 aliphatic rings. The van der Waals surface area contributed by atoms with Crippen LogP contribution in [0.15, 0.2) is 48.5 Å². The number of benzene rings is 2. The summed E-state index contributed by atoms with van der Waals surface area (Å²) in [6.07, 6.45) is 0.206. The Labute approximate surface area is 118 Å². The summed E-state index contributed by atoms with van der Waals surface area (Å²) in [5.74, 6) is 0.185. The zero-order valence-corrected chi connectivity index (χ0v) is 11.3. The van der Waals surface area contributed by atoms with Crippen molar-refractivity contribution in [1.82, 2.24) is 0 Å². The van der Waals surface area contributed by atoms with E-state index >= 15 is 0 Å². The fourth-order valence-electron chi connectivity index (χ4n) is 1.86. The molecular weight excluding hydrogens is 254 g/mol. The molecule has 0 saturated heterocycles. The summed E-state index contributed by atoms with van der Waals surface area (Å²) < 4.78 is 5.15. The number of carbonyl (C=O) groups excluding carboxylic acids is 1. The predicted molar refractivity (Wildman–Crippen MR) is 77.7 cm³/mol. The van der Waals surface area contributed by atoms with Gasteiger partial charge in [-0.1, -0.05) is 37.3 Å². The molecule has 0 saturated carbocycles. The third-order valence-corrected chi connectivity index (χ3v) is 2.92. The Balaban J connectivity index is 1.95. The number of hydrogen-bond acceptors (Lipinski definition) is 3. The molecule has 2 aromatic rings.